The second-order valence-electron chi connectivity index (χ2n) is 8.17. The van der Waals surface area contributed by atoms with E-state index in [4.69, 9.17) is 4.74 Å². The Morgan fingerprint density at radius 1 is 1.07 bits per heavy atom. The zero-order valence-electron chi connectivity index (χ0n) is 18.2. The van der Waals surface area contributed by atoms with Crippen LogP contribution < -0.4 is 4.72 Å². The maximum Gasteiger partial charge on any atom is 0.240 e. The van der Waals surface area contributed by atoms with Crippen molar-refractivity contribution < 1.29 is 21.9 Å². The third kappa shape index (κ3) is 7.87. The van der Waals surface area contributed by atoms with Gasteiger partial charge < -0.3 is 9.64 Å². The van der Waals surface area contributed by atoms with Crippen LogP contribution in [0.2, 0.25) is 0 Å². The van der Waals surface area contributed by atoms with Crippen LogP contribution in [-0.4, -0.2) is 52.2 Å². The summed E-state index contributed by atoms with van der Waals surface area (Å²) in [6, 6.07) is 3.74. The van der Waals surface area contributed by atoms with E-state index in [9.17, 15) is 17.2 Å². The van der Waals surface area contributed by atoms with E-state index in [2.05, 4.69) is 23.6 Å². The van der Waals surface area contributed by atoms with E-state index in [0.29, 0.717) is 12.8 Å². The van der Waals surface area contributed by atoms with Crippen molar-refractivity contribution in [1.82, 2.24) is 9.62 Å². The number of unbranched alkanes of at least 4 members (excludes halogenated alkanes) is 1. The number of alkyl halides is 2. The van der Waals surface area contributed by atoms with Gasteiger partial charge in [0.15, 0.2) is 0 Å². The van der Waals surface area contributed by atoms with Gasteiger partial charge in [-0.3, -0.25) is 0 Å². The molecule has 30 heavy (non-hydrogen) atoms. The van der Waals surface area contributed by atoms with Crippen molar-refractivity contribution in [3.63, 3.8) is 0 Å². The Labute approximate surface area is 180 Å². The number of hydrogen-bond acceptors (Lipinski definition) is 4. The highest BCUT2D eigenvalue weighted by Crippen LogP contribution is 2.24. The van der Waals surface area contributed by atoms with Gasteiger partial charge in [-0.15, -0.1) is 0 Å². The molecule has 5 nitrogen and oxygen atoms in total. The van der Waals surface area contributed by atoms with Gasteiger partial charge in [0.25, 0.3) is 0 Å². The summed E-state index contributed by atoms with van der Waals surface area (Å²) in [5.41, 5.74) is 0.268. The number of benzene rings is 1. The van der Waals surface area contributed by atoms with Crippen LogP contribution in [0.25, 0.3) is 0 Å². The van der Waals surface area contributed by atoms with Crippen LogP contribution in [-0.2, 0) is 28.1 Å². The number of rotatable bonds is 13. The number of sulfonamides is 1. The second kappa shape index (κ2) is 12.7. The van der Waals surface area contributed by atoms with Crippen molar-refractivity contribution in [3.8, 4) is 0 Å². The average Bonchev–Trinajstić information content (AvgIpc) is 2.74. The third-order valence-electron chi connectivity index (χ3n) is 5.67. The Balaban J connectivity index is 1.73. The smallest absolute Gasteiger partial charge is 0.240 e. The molecule has 0 amide bonds. The minimum atomic E-state index is -3.76. The van der Waals surface area contributed by atoms with E-state index in [0.717, 1.165) is 45.4 Å². The molecular weight excluding hydrogens is 410 g/mol. The molecule has 1 aliphatic carbocycles. The first-order valence-corrected chi connectivity index (χ1v) is 12.4. The Bertz CT molecular complexity index is 738. The van der Waals surface area contributed by atoms with Gasteiger partial charge in [0, 0.05) is 12.6 Å². The first-order valence-electron chi connectivity index (χ1n) is 11.0. The molecule has 1 aromatic rings. The summed E-state index contributed by atoms with van der Waals surface area (Å²) in [4.78, 5) is 2.32. The molecule has 0 aliphatic heterocycles. The molecule has 1 aromatic carbocycles. The highest BCUT2D eigenvalue weighted by atomic mass is 32.2. The first-order chi connectivity index (χ1) is 14.4. The molecule has 8 heteroatoms. The van der Waals surface area contributed by atoms with Gasteiger partial charge in [0.1, 0.15) is 13.3 Å². The van der Waals surface area contributed by atoms with E-state index in [1.54, 1.807) is 0 Å². The minimum absolute atomic E-state index is 0.0150. The van der Waals surface area contributed by atoms with Gasteiger partial charge in [-0.25, -0.2) is 21.9 Å². The summed E-state index contributed by atoms with van der Waals surface area (Å²) in [5.74, 6) is 0. The Hall–Kier alpha value is -1.09. The zero-order chi connectivity index (χ0) is 22.0. The van der Waals surface area contributed by atoms with Crippen molar-refractivity contribution >= 4 is 10.0 Å². The lowest BCUT2D eigenvalue weighted by Crippen LogP contribution is -2.39. The van der Waals surface area contributed by atoms with Crippen molar-refractivity contribution in [2.24, 2.45) is 0 Å². The molecule has 1 aliphatic rings. The molecule has 0 bridgehead atoms. The molecule has 0 unspecified atom stereocenters. The topological polar surface area (TPSA) is 58.6 Å². The highest BCUT2D eigenvalue weighted by Gasteiger charge is 2.26. The Kier molecular flexibility index (Phi) is 10.6. The van der Waals surface area contributed by atoms with Gasteiger partial charge in [0.2, 0.25) is 10.0 Å². The van der Waals surface area contributed by atoms with Crippen LogP contribution in [0.1, 0.15) is 63.0 Å². The van der Waals surface area contributed by atoms with Crippen LogP contribution in [0.15, 0.2) is 23.1 Å². The summed E-state index contributed by atoms with van der Waals surface area (Å²) in [7, 11) is -1.62. The lowest BCUT2D eigenvalue weighted by molar-refractivity contribution is 0.0215. The Morgan fingerprint density at radius 2 is 1.77 bits per heavy atom. The number of halogens is 2. The summed E-state index contributed by atoms with van der Waals surface area (Å²) >= 11 is 0. The van der Waals surface area contributed by atoms with Crippen molar-refractivity contribution in [1.29, 1.82) is 0 Å². The standard InChI is InChI=1S/C22H36F2N2O3S/c1-3-12-26(2)13-4-5-14-29-21-9-7-20(8-10-21)25-30(27,28)22-11-6-18(16-23)19(15-22)17-24/h6,11,15,20-21,25H,3-5,7-10,12-14,16-17H2,1-2H3. The van der Waals surface area contributed by atoms with Gasteiger partial charge in [-0.05, 0) is 88.3 Å². The summed E-state index contributed by atoms with van der Waals surface area (Å²) in [6.07, 6.45) is 6.56. The van der Waals surface area contributed by atoms with Crippen molar-refractivity contribution in [2.75, 3.05) is 26.7 Å². The predicted molar refractivity (Wildman–Crippen MR) is 115 cm³/mol. The number of nitrogens with one attached hydrogen (secondary N) is 1. The average molecular weight is 447 g/mol. The largest absolute Gasteiger partial charge is 0.378 e. The van der Waals surface area contributed by atoms with E-state index in [1.807, 2.05) is 0 Å². The summed E-state index contributed by atoms with van der Waals surface area (Å²) in [5, 5.41) is 0. The summed E-state index contributed by atoms with van der Waals surface area (Å²) in [6.45, 7) is 3.43. The molecule has 172 valence electrons. The highest BCUT2D eigenvalue weighted by molar-refractivity contribution is 7.89. The van der Waals surface area contributed by atoms with E-state index >= 15 is 0 Å². The first kappa shape index (κ1) is 25.2. The maximum atomic E-state index is 13.1. The van der Waals surface area contributed by atoms with Gasteiger partial charge >= 0.3 is 0 Å². The van der Waals surface area contributed by atoms with E-state index in [-0.39, 0.29) is 28.2 Å². The fourth-order valence-corrected chi connectivity index (χ4v) is 5.24. The molecule has 0 radical (unpaired) electrons. The lowest BCUT2D eigenvalue weighted by Gasteiger charge is -2.29. The quantitative estimate of drug-likeness (QED) is 0.458. The molecular formula is C22H36F2N2O3S. The van der Waals surface area contributed by atoms with Gasteiger partial charge in [-0.2, -0.15) is 0 Å². The molecule has 1 fully saturated rings. The van der Waals surface area contributed by atoms with Gasteiger partial charge in [0.05, 0.1) is 11.0 Å². The van der Waals surface area contributed by atoms with Crippen LogP contribution >= 0.6 is 0 Å². The predicted octanol–water partition coefficient (Wildman–Crippen LogP) is 4.35. The van der Waals surface area contributed by atoms with Crippen LogP contribution in [0.5, 0.6) is 0 Å². The molecule has 0 saturated heterocycles. The van der Waals surface area contributed by atoms with Crippen LogP contribution in [0.3, 0.4) is 0 Å². The number of hydrogen-bond donors (Lipinski definition) is 1. The molecule has 0 heterocycles. The molecule has 0 atom stereocenters. The minimum Gasteiger partial charge on any atom is -0.378 e. The SMILES string of the molecule is CCCN(C)CCCCOC1CCC(NS(=O)(=O)c2ccc(CF)c(CF)c2)CC1. The van der Waals surface area contributed by atoms with E-state index in [1.165, 1.54) is 24.6 Å². The maximum absolute atomic E-state index is 13.1. The molecule has 0 spiro atoms. The van der Waals surface area contributed by atoms with Crippen LogP contribution in [0.4, 0.5) is 8.78 Å². The molecule has 0 aromatic heterocycles. The van der Waals surface area contributed by atoms with Crippen molar-refractivity contribution in [2.45, 2.75) is 82.3 Å². The second-order valence-corrected chi connectivity index (χ2v) is 9.89. The van der Waals surface area contributed by atoms with E-state index < -0.39 is 23.4 Å². The fraction of sp³-hybridized carbons (Fsp3) is 0.727. The number of ether oxygens (including phenoxy) is 1. The van der Waals surface area contributed by atoms with Gasteiger partial charge in [-0.1, -0.05) is 13.0 Å². The summed E-state index contributed by atoms with van der Waals surface area (Å²) < 4.78 is 59.9. The lowest BCUT2D eigenvalue weighted by atomic mass is 9.94. The normalized spacial score (nSPS) is 20.0. The van der Waals surface area contributed by atoms with Crippen LogP contribution in [0, 0.1) is 0 Å². The number of nitrogens with zero attached hydrogens (tertiary/aromatic N) is 1. The molecule has 2 rings (SSSR count). The fourth-order valence-electron chi connectivity index (χ4n) is 3.89. The van der Waals surface area contributed by atoms with Crippen molar-refractivity contribution in [3.05, 3.63) is 29.3 Å². The molecule has 1 saturated carbocycles. The third-order valence-corrected chi connectivity index (χ3v) is 7.18. The zero-order valence-corrected chi connectivity index (χ0v) is 19.0. The Morgan fingerprint density at radius 3 is 2.40 bits per heavy atom. The monoisotopic (exact) mass is 446 g/mol. The molecule has 1 N–H and O–H groups in total.